The van der Waals surface area contributed by atoms with E-state index in [0.29, 0.717) is 12.4 Å². The number of aliphatic imine (C=N–C) groups is 1. The molecular formula is C22H33ClN6O. The summed E-state index contributed by atoms with van der Waals surface area (Å²) >= 11 is 6.12. The fourth-order valence-electron chi connectivity index (χ4n) is 3.51. The third kappa shape index (κ3) is 6.64. The molecule has 1 aromatic carbocycles. The number of anilines is 1. The lowest BCUT2D eigenvalue weighted by molar-refractivity contribution is 0.255. The SMILES string of the molecule is CCNC(=NCc1nc(C)c(C)o1)NCCCN1CCN(c2cccc(Cl)c2)CC1. The van der Waals surface area contributed by atoms with Gasteiger partial charge in [0.2, 0.25) is 5.89 Å². The van der Waals surface area contributed by atoms with Crippen LogP contribution in [0.5, 0.6) is 0 Å². The van der Waals surface area contributed by atoms with Crippen LogP contribution in [-0.2, 0) is 6.54 Å². The molecule has 2 aromatic rings. The van der Waals surface area contributed by atoms with Crippen LogP contribution < -0.4 is 15.5 Å². The van der Waals surface area contributed by atoms with E-state index in [1.54, 1.807) is 0 Å². The Morgan fingerprint density at radius 1 is 1.20 bits per heavy atom. The van der Waals surface area contributed by atoms with E-state index < -0.39 is 0 Å². The average molecular weight is 433 g/mol. The van der Waals surface area contributed by atoms with Gasteiger partial charge in [-0.05, 0) is 51.9 Å². The van der Waals surface area contributed by atoms with Crippen molar-refractivity contribution in [1.29, 1.82) is 0 Å². The minimum atomic E-state index is 0.440. The predicted octanol–water partition coefficient (Wildman–Crippen LogP) is 3.21. The fraction of sp³-hybridized carbons (Fsp3) is 0.545. The standard InChI is InChI=1S/C22H33ClN6O/c1-4-24-22(26-16-21-27-17(2)18(3)30-21)25-9-6-10-28-11-13-29(14-12-28)20-8-5-7-19(23)15-20/h5,7-8,15H,4,6,9-14,16H2,1-3H3,(H2,24,25,26). The predicted molar refractivity (Wildman–Crippen MR) is 124 cm³/mol. The van der Waals surface area contributed by atoms with Crippen LogP contribution in [0.2, 0.25) is 5.02 Å². The molecule has 164 valence electrons. The molecule has 7 nitrogen and oxygen atoms in total. The third-order valence-electron chi connectivity index (χ3n) is 5.28. The lowest BCUT2D eigenvalue weighted by Gasteiger charge is -2.36. The molecule has 0 saturated carbocycles. The second kappa shape index (κ2) is 11.2. The zero-order valence-corrected chi connectivity index (χ0v) is 19.0. The van der Waals surface area contributed by atoms with Gasteiger partial charge in [-0.2, -0.15) is 0 Å². The molecule has 1 saturated heterocycles. The Balaban J connectivity index is 1.37. The number of rotatable bonds is 8. The summed E-state index contributed by atoms with van der Waals surface area (Å²) in [5, 5.41) is 7.49. The zero-order chi connectivity index (χ0) is 21.3. The minimum Gasteiger partial charge on any atom is -0.444 e. The largest absolute Gasteiger partial charge is 0.444 e. The van der Waals surface area contributed by atoms with Crippen molar-refractivity contribution in [3.05, 3.63) is 46.6 Å². The number of guanidine groups is 1. The Labute approximate surface area is 184 Å². The van der Waals surface area contributed by atoms with Crippen LogP contribution in [0.1, 0.15) is 30.7 Å². The van der Waals surface area contributed by atoms with Crippen molar-refractivity contribution in [3.63, 3.8) is 0 Å². The van der Waals surface area contributed by atoms with Crippen LogP contribution in [0.3, 0.4) is 0 Å². The van der Waals surface area contributed by atoms with Crippen molar-refractivity contribution in [2.24, 2.45) is 4.99 Å². The molecule has 0 bridgehead atoms. The molecule has 1 aromatic heterocycles. The van der Waals surface area contributed by atoms with E-state index in [9.17, 15) is 0 Å². The normalized spacial score (nSPS) is 15.5. The Hall–Kier alpha value is -2.25. The van der Waals surface area contributed by atoms with Gasteiger partial charge in [-0.25, -0.2) is 9.98 Å². The molecule has 0 atom stereocenters. The number of aryl methyl sites for hydroxylation is 2. The number of hydrogen-bond donors (Lipinski definition) is 2. The molecule has 0 aliphatic carbocycles. The maximum absolute atomic E-state index is 6.12. The maximum Gasteiger partial charge on any atom is 0.216 e. The molecule has 0 unspecified atom stereocenters. The van der Waals surface area contributed by atoms with Gasteiger partial charge < -0.3 is 20.0 Å². The van der Waals surface area contributed by atoms with Crippen molar-refractivity contribution < 1.29 is 4.42 Å². The third-order valence-corrected chi connectivity index (χ3v) is 5.51. The van der Waals surface area contributed by atoms with Crippen LogP contribution in [0.25, 0.3) is 0 Å². The molecule has 0 radical (unpaired) electrons. The Kier molecular flexibility index (Phi) is 8.39. The second-order valence-corrected chi connectivity index (χ2v) is 7.97. The Bertz CT molecular complexity index is 809. The van der Waals surface area contributed by atoms with E-state index in [2.05, 4.69) is 43.4 Å². The number of aromatic nitrogens is 1. The van der Waals surface area contributed by atoms with Crippen molar-refractivity contribution >= 4 is 23.2 Å². The summed E-state index contributed by atoms with van der Waals surface area (Å²) in [7, 11) is 0. The first-order valence-corrected chi connectivity index (χ1v) is 11.1. The summed E-state index contributed by atoms with van der Waals surface area (Å²) in [6, 6.07) is 8.12. The summed E-state index contributed by atoms with van der Waals surface area (Å²) in [6.45, 7) is 13.4. The molecule has 0 spiro atoms. The zero-order valence-electron chi connectivity index (χ0n) is 18.2. The number of oxazole rings is 1. The van der Waals surface area contributed by atoms with Gasteiger partial charge in [-0.3, -0.25) is 4.90 Å². The number of halogens is 1. The molecule has 8 heteroatoms. The molecule has 1 fully saturated rings. The number of nitrogens with zero attached hydrogens (tertiary/aromatic N) is 4. The highest BCUT2D eigenvalue weighted by Crippen LogP contribution is 2.20. The van der Waals surface area contributed by atoms with E-state index in [1.165, 1.54) is 5.69 Å². The van der Waals surface area contributed by atoms with Crippen molar-refractivity contribution in [1.82, 2.24) is 20.5 Å². The van der Waals surface area contributed by atoms with Crippen molar-refractivity contribution in [3.8, 4) is 0 Å². The highest BCUT2D eigenvalue weighted by molar-refractivity contribution is 6.30. The number of benzene rings is 1. The summed E-state index contributed by atoms with van der Waals surface area (Å²) in [5.41, 5.74) is 2.14. The van der Waals surface area contributed by atoms with Gasteiger partial charge in [-0.1, -0.05) is 17.7 Å². The monoisotopic (exact) mass is 432 g/mol. The molecular weight excluding hydrogens is 400 g/mol. The highest BCUT2D eigenvalue weighted by Gasteiger charge is 2.17. The van der Waals surface area contributed by atoms with Gasteiger partial charge in [0.05, 0.1) is 5.69 Å². The van der Waals surface area contributed by atoms with Gasteiger partial charge >= 0.3 is 0 Å². The molecule has 30 heavy (non-hydrogen) atoms. The smallest absolute Gasteiger partial charge is 0.216 e. The van der Waals surface area contributed by atoms with Crippen LogP contribution >= 0.6 is 11.6 Å². The van der Waals surface area contributed by atoms with Gasteiger partial charge in [0.1, 0.15) is 12.3 Å². The summed E-state index contributed by atoms with van der Waals surface area (Å²) in [6.07, 6.45) is 1.07. The fourth-order valence-corrected chi connectivity index (χ4v) is 3.69. The summed E-state index contributed by atoms with van der Waals surface area (Å²) < 4.78 is 5.60. The van der Waals surface area contributed by atoms with Crippen LogP contribution in [0.15, 0.2) is 33.7 Å². The Morgan fingerprint density at radius 3 is 2.67 bits per heavy atom. The first-order chi connectivity index (χ1) is 14.5. The topological polar surface area (TPSA) is 68.9 Å². The maximum atomic E-state index is 6.12. The minimum absolute atomic E-state index is 0.440. The number of hydrogen-bond acceptors (Lipinski definition) is 5. The lowest BCUT2D eigenvalue weighted by atomic mass is 10.2. The summed E-state index contributed by atoms with van der Waals surface area (Å²) in [5.74, 6) is 2.31. The number of nitrogens with one attached hydrogen (secondary N) is 2. The van der Waals surface area contributed by atoms with E-state index in [-0.39, 0.29) is 0 Å². The van der Waals surface area contributed by atoms with Crippen LogP contribution in [0.4, 0.5) is 5.69 Å². The van der Waals surface area contributed by atoms with Gasteiger partial charge in [0, 0.05) is 50.0 Å². The van der Waals surface area contributed by atoms with Gasteiger partial charge in [0.15, 0.2) is 5.96 Å². The first kappa shape index (κ1) is 22.4. The quantitative estimate of drug-likeness (QED) is 0.379. The molecule has 1 aliphatic heterocycles. The van der Waals surface area contributed by atoms with E-state index in [4.69, 9.17) is 16.0 Å². The number of piperazine rings is 1. The molecule has 2 heterocycles. The first-order valence-electron chi connectivity index (χ1n) is 10.7. The molecule has 1 aliphatic rings. The molecule has 2 N–H and O–H groups in total. The second-order valence-electron chi connectivity index (χ2n) is 7.53. The van der Waals surface area contributed by atoms with E-state index in [0.717, 1.165) is 74.7 Å². The highest BCUT2D eigenvalue weighted by atomic mass is 35.5. The van der Waals surface area contributed by atoms with Gasteiger partial charge in [0.25, 0.3) is 0 Å². The van der Waals surface area contributed by atoms with E-state index >= 15 is 0 Å². The average Bonchev–Trinajstić information content (AvgIpc) is 3.07. The molecule has 0 amide bonds. The van der Waals surface area contributed by atoms with E-state index in [1.807, 2.05) is 32.0 Å². The van der Waals surface area contributed by atoms with Crippen molar-refractivity contribution in [2.75, 3.05) is 50.7 Å². The molecule has 3 rings (SSSR count). The lowest BCUT2D eigenvalue weighted by Crippen LogP contribution is -2.47. The Morgan fingerprint density at radius 2 is 2.00 bits per heavy atom. The van der Waals surface area contributed by atoms with Crippen molar-refractivity contribution in [2.45, 2.75) is 33.7 Å². The summed E-state index contributed by atoms with van der Waals surface area (Å²) in [4.78, 5) is 13.9. The van der Waals surface area contributed by atoms with Gasteiger partial charge in [-0.15, -0.1) is 0 Å². The van der Waals surface area contributed by atoms with Crippen LogP contribution in [-0.4, -0.2) is 61.7 Å². The van der Waals surface area contributed by atoms with Crippen LogP contribution in [0, 0.1) is 13.8 Å².